The van der Waals surface area contributed by atoms with Crippen molar-refractivity contribution in [1.82, 2.24) is 4.98 Å². The molecule has 23 heavy (non-hydrogen) atoms. The van der Waals surface area contributed by atoms with Crippen molar-refractivity contribution in [1.29, 1.82) is 0 Å². The molecule has 0 aromatic carbocycles. The topological polar surface area (TPSA) is 59.5 Å². The van der Waals surface area contributed by atoms with E-state index in [1.54, 1.807) is 18.0 Å². The van der Waals surface area contributed by atoms with Gasteiger partial charge in [0.25, 0.3) is 0 Å². The van der Waals surface area contributed by atoms with Gasteiger partial charge in [-0.3, -0.25) is 14.5 Å². The van der Waals surface area contributed by atoms with Gasteiger partial charge in [-0.05, 0) is 31.4 Å². The molecule has 1 saturated carbocycles. The lowest BCUT2D eigenvalue weighted by Crippen LogP contribution is -2.43. The molecule has 5 heteroatoms. The highest BCUT2D eigenvalue weighted by molar-refractivity contribution is 5.95. The van der Waals surface area contributed by atoms with Crippen molar-refractivity contribution in [2.24, 2.45) is 5.92 Å². The summed E-state index contributed by atoms with van der Waals surface area (Å²) in [5.41, 5.74) is 1.06. The molecule has 1 aliphatic rings. The Bertz CT molecular complexity index is 536. The van der Waals surface area contributed by atoms with Gasteiger partial charge in [0.15, 0.2) is 0 Å². The van der Waals surface area contributed by atoms with Crippen LogP contribution in [-0.2, 0) is 14.3 Å². The highest BCUT2D eigenvalue weighted by Gasteiger charge is 2.30. The minimum Gasteiger partial charge on any atom is -0.469 e. The molecule has 1 aromatic heterocycles. The van der Waals surface area contributed by atoms with Crippen molar-refractivity contribution >= 4 is 17.7 Å². The molecule has 1 amide bonds. The van der Waals surface area contributed by atoms with Crippen LogP contribution < -0.4 is 4.90 Å². The van der Waals surface area contributed by atoms with E-state index in [1.807, 2.05) is 19.1 Å². The van der Waals surface area contributed by atoms with Gasteiger partial charge >= 0.3 is 5.97 Å². The van der Waals surface area contributed by atoms with E-state index in [0.29, 0.717) is 5.82 Å². The van der Waals surface area contributed by atoms with Crippen LogP contribution in [0.4, 0.5) is 5.82 Å². The number of carbonyl (C=O) groups excluding carboxylic acids is 2. The summed E-state index contributed by atoms with van der Waals surface area (Å²) in [7, 11) is 1.35. The number of hydrogen-bond donors (Lipinski definition) is 0. The summed E-state index contributed by atoms with van der Waals surface area (Å²) in [6.07, 6.45) is 7.40. The number of hydrogen-bond acceptors (Lipinski definition) is 4. The fourth-order valence-corrected chi connectivity index (χ4v) is 3.10. The number of esters is 1. The molecule has 1 heterocycles. The maximum Gasteiger partial charge on any atom is 0.308 e. The van der Waals surface area contributed by atoms with E-state index in [9.17, 15) is 9.59 Å². The molecule has 0 N–H and O–H groups in total. The van der Waals surface area contributed by atoms with Gasteiger partial charge in [-0.2, -0.15) is 0 Å². The van der Waals surface area contributed by atoms with Crippen molar-refractivity contribution in [3.05, 3.63) is 23.9 Å². The van der Waals surface area contributed by atoms with Crippen LogP contribution in [0.15, 0.2) is 18.3 Å². The molecule has 0 saturated heterocycles. The summed E-state index contributed by atoms with van der Waals surface area (Å²) in [4.78, 5) is 30.7. The Kier molecular flexibility index (Phi) is 6.13. The number of rotatable bonds is 5. The molecule has 126 valence electrons. The predicted molar refractivity (Wildman–Crippen MR) is 89.1 cm³/mol. The standard InChI is InChI=1S/C18H26N2O3/c1-13-9-10-16(19-12-13)20(15-7-5-4-6-8-15)17(21)11-14(2)18(22)23-3/h9-10,12,14-15H,4-8,11H2,1-3H3/t14-/m1/s1. The van der Waals surface area contributed by atoms with Crippen LogP contribution in [0, 0.1) is 12.8 Å². The van der Waals surface area contributed by atoms with E-state index in [2.05, 4.69) is 4.98 Å². The number of ether oxygens (including phenoxy) is 1. The van der Waals surface area contributed by atoms with Crippen LogP contribution in [0.5, 0.6) is 0 Å². The van der Waals surface area contributed by atoms with Gasteiger partial charge in [0.1, 0.15) is 5.82 Å². The van der Waals surface area contributed by atoms with Crippen molar-refractivity contribution in [3.63, 3.8) is 0 Å². The molecule has 1 aromatic rings. The summed E-state index contributed by atoms with van der Waals surface area (Å²) >= 11 is 0. The Morgan fingerprint density at radius 2 is 2.00 bits per heavy atom. The number of anilines is 1. The highest BCUT2D eigenvalue weighted by atomic mass is 16.5. The summed E-state index contributed by atoms with van der Waals surface area (Å²) in [6, 6.07) is 4.04. The molecule has 0 aliphatic heterocycles. The van der Waals surface area contributed by atoms with E-state index in [4.69, 9.17) is 4.74 Å². The number of aryl methyl sites for hydroxylation is 1. The highest BCUT2D eigenvalue weighted by Crippen LogP contribution is 2.27. The van der Waals surface area contributed by atoms with E-state index in [0.717, 1.165) is 31.2 Å². The summed E-state index contributed by atoms with van der Waals surface area (Å²) in [6.45, 7) is 3.70. The second kappa shape index (κ2) is 8.09. The van der Waals surface area contributed by atoms with Crippen molar-refractivity contribution < 1.29 is 14.3 Å². The zero-order chi connectivity index (χ0) is 16.8. The summed E-state index contributed by atoms with van der Waals surface area (Å²) < 4.78 is 4.73. The molecule has 1 fully saturated rings. The number of amides is 1. The largest absolute Gasteiger partial charge is 0.469 e. The summed E-state index contributed by atoms with van der Waals surface area (Å²) in [5, 5.41) is 0. The van der Waals surface area contributed by atoms with Crippen molar-refractivity contribution in [2.75, 3.05) is 12.0 Å². The molecule has 2 rings (SSSR count). The molecular formula is C18H26N2O3. The minimum absolute atomic E-state index is 0.0499. The molecule has 1 atom stereocenters. The average molecular weight is 318 g/mol. The Morgan fingerprint density at radius 1 is 1.30 bits per heavy atom. The summed E-state index contributed by atoms with van der Waals surface area (Å²) in [5.74, 6) is -0.154. The van der Waals surface area contributed by atoms with Crippen LogP contribution in [-0.4, -0.2) is 30.0 Å². The van der Waals surface area contributed by atoms with E-state index < -0.39 is 5.92 Å². The van der Waals surface area contributed by atoms with Gasteiger partial charge in [-0.15, -0.1) is 0 Å². The predicted octanol–water partition coefficient (Wildman–Crippen LogP) is 3.25. The van der Waals surface area contributed by atoms with Gasteiger partial charge in [0.05, 0.1) is 13.0 Å². The monoisotopic (exact) mass is 318 g/mol. The van der Waals surface area contributed by atoms with Gasteiger partial charge in [-0.25, -0.2) is 4.98 Å². The van der Waals surface area contributed by atoms with Gasteiger partial charge in [0, 0.05) is 18.7 Å². The van der Waals surface area contributed by atoms with Gasteiger partial charge in [0.2, 0.25) is 5.91 Å². The normalized spacial score (nSPS) is 16.7. The smallest absolute Gasteiger partial charge is 0.308 e. The number of pyridine rings is 1. The third-order valence-corrected chi connectivity index (χ3v) is 4.44. The van der Waals surface area contributed by atoms with Crippen LogP contribution in [0.1, 0.15) is 51.0 Å². The molecular weight excluding hydrogens is 292 g/mol. The molecule has 0 radical (unpaired) electrons. The second-order valence-electron chi connectivity index (χ2n) is 6.38. The first-order valence-electron chi connectivity index (χ1n) is 8.35. The maximum absolute atomic E-state index is 12.8. The SMILES string of the molecule is COC(=O)[C@H](C)CC(=O)N(c1ccc(C)cn1)C1CCCCC1. The number of carbonyl (C=O) groups is 2. The van der Waals surface area contributed by atoms with Crippen LogP contribution in [0.25, 0.3) is 0 Å². The zero-order valence-corrected chi connectivity index (χ0v) is 14.2. The Morgan fingerprint density at radius 3 is 2.57 bits per heavy atom. The number of aromatic nitrogens is 1. The molecule has 1 aliphatic carbocycles. The van der Waals surface area contributed by atoms with E-state index in [-0.39, 0.29) is 24.3 Å². The molecule has 0 spiro atoms. The van der Waals surface area contributed by atoms with Crippen LogP contribution in [0.3, 0.4) is 0 Å². The van der Waals surface area contributed by atoms with Gasteiger partial charge in [-0.1, -0.05) is 32.3 Å². The molecule has 0 unspecified atom stereocenters. The quantitative estimate of drug-likeness (QED) is 0.782. The Labute approximate surface area is 138 Å². The van der Waals surface area contributed by atoms with Crippen LogP contribution in [0.2, 0.25) is 0 Å². The lowest BCUT2D eigenvalue weighted by Gasteiger charge is -2.34. The lowest BCUT2D eigenvalue weighted by molar-refractivity contribution is -0.146. The van der Waals surface area contributed by atoms with Crippen molar-refractivity contribution in [2.45, 2.75) is 58.4 Å². The zero-order valence-electron chi connectivity index (χ0n) is 14.2. The fraction of sp³-hybridized carbons (Fsp3) is 0.611. The minimum atomic E-state index is -0.441. The molecule has 0 bridgehead atoms. The average Bonchev–Trinajstić information content (AvgIpc) is 2.57. The van der Waals surface area contributed by atoms with E-state index >= 15 is 0 Å². The maximum atomic E-state index is 12.8. The molecule has 5 nitrogen and oxygen atoms in total. The van der Waals surface area contributed by atoms with E-state index in [1.165, 1.54) is 13.5 Å². The van der Waals surface area contributed by atoms with Crippen molar-refractivity contribution in [3.8, 4) is 0 Å². The lowest BCUT2D eigenvalue weighted by atomic mass is 9.93. The first-order valence-corrected chi connectivity index (χ1v) is 8.35. The third kappa shape index (κ3) is 4.53. The number of nitrogens with zero attached hydrogens (tertiary/aromatic N) is 2. The number of methoxy groups -OCH3 is 1. The Balaban J connectivity index is 2.20. The van der Waals surface area contributed by atoms with Crippen LogP contribution >= 0.6 is 0 Å². The fourth-order valence-electron chi connectivity index (χ4n) is 3.10. The van der Waals surface area contributed by atoms with Gasteiger partial charge < -0.3 is 4.74 Å². The first kappa shape index (κ1) is 17.4. The first-order chi connectivity index (χ1) is 11.0. The second-order valence-corrected chi connectivity index (χ2v) is 6.38. The Hall–Kier alpha value is -1.91. The third-order valence-electron chi connectivity index (χ3n) is 4.44.